The van der Waals surface area contributed by atoms with Crippen molar-refractivity contribution in [2.75, 3.05) is 0 Å². The third kappa shape index (κ3) is 1.50. The van der Waals surface area contributed by atoms with E-state index in [4.69, 9.17) is 0 Å². The molecule has 2 aromatic rings. The molecule has 5 heteroatoms. The average molecular weight is 247 g/mol. The summed E-state index contributed by atoms with van der Waals surface area (Å²) >= 11 is 6.49. The number of nitrogens with zero attached hydrogens (tertiary/aromatic N) is 2. The molecule has 2 aromatic heterocycles. The first-order valence-corrected chi connectivity index (χ1v) is 5.38. The van der Waals surface area contributed by atoms with Gasteiger partial charge in [-0.15, -0.1) is 21.5 Å². The summed E-state index contributed by atoms with van der Waals surface area (Å²) in [6, 6.07) is 4.05. The van der Waals surface area contributed by atoms with Crippen LogP contribution >= 0.6 is 38.6 Å². The van der Waals surface area contributed by atoms with Crippen LogP contribution in [0.3, 0.4) is 0 Å². The average Bonchev–Trinajstić information content (AvgIpc) is 2.55. The summed E-state index contributed by atoms with van der Waals surface area (Å²) in [5, 5.41) is 10.9. The Labute approximate surface area is 80.0 Å². The van der Waals surface area contributed by atoms with E-state index < -0.39 is 0 Å². The van der Waals surface area contributed by atoms with Crippen molar-refractivity contribution in [2.45, 2.75) is 0 Å². The molecule has 11 heavy (non-hydrogen) atoms. The van der Waals surface area contributed by atoms with Gasteiger partial charge in [0.2, 0.25) is 0 Å². The van der Waals surface area contributed by atoms with Crippen LogP contribution in [0.2, 0.25) is 0 Å². The largest absolute Gasteiger partial charge is 0.183 e. The smallest absolute Gasteiger partial charge is 0.141 e. The van der Waals surface area contributed by atoms with Crippen molar-refractivity contribution in [3.63, 3.8) is 0 Å². The van der Waals surface area contributed by atoms with Crippen LogP contribution in [0.15, 0.2) is 21.4 Å². The minimum absolute atomic E-state index is 0.834. The van der Waals surface area contributed by atoms with Gasteiger partial charge in [-0.1, -0.05) is 17.4 Å². The Morgan fingerprint density at radius 2 is 2.27 bits per heavy atom. The van der Waals surface area contributed by atoms with E-state index in [-0.39, 0.29) is 0 Å². The topological polar surface area (TPSA) is 25.8 Å². The molecule has 0 spiro atoms. The number of halogens is 1. The predicted octanol–water partition coefficient (Wildman–Crippen LogP) is 3.03. The molecule has 2 rings (SSSR count). The highest BCUT2D eigenvalue weighted by atomic mass is 79.9. The Hall–Kier alpha value is -0.260. The fourth-order valence-corrected chi connectivity index (χ4v) is 2.61. The molecule has 56 valence electrons. The Bertz CT molecular complexity index is 341. The lowest BCUT2D eigenvalue weighted by Gasteiger charge is -1.81. The molecular formula is C6H3BrN2S2. The van der Waals surface area contributed by atoms with Gasteiger partial charge in [0.15, 0.2) is 8.92 Å². The monoisotopic (exact) mass is 246 g/mol. The second kappa shape index (κ2) is 3.00. The highest BCUT2D eigenvalue weighted by Crippen LogP contribution is 2.29. The molecule has 0 aliphatic rings. The molecule has 0 aromatic carbocycles. The Kier molecular flexibility index (Phi) is 2.02. The van der Waals surface area contributed by atoms with Gasteiger partial charge < -0.3 is 0 Å². The zero-order chi connectivity index (χ0) is 7.68. The molecule has 2 heterocycles. The Balaban J connectivity index is 2.45. The van der Waals surface area contributed by atoms with Crippen LogP contribution < -0.4 is 0 Å². The van der Waals surface area contributed by atoms with Crippen LogP contribution in [-0.4, -0.2) is 10.2 Å². The van der Waals surface area contributed by atoms with Gasteiger partial charge in [-0.05, 0) is 27.4 Å². The lowest BCUT2D eigenvalue weighted by molar-refractivity contribution is 1.08. The van der Waals surface area contributed by atoms with Crippen molar-refractivity contribution in [1.82, 2.24) is 10.2 Å². The van der Waals surface area contributed by atoms with E-state index in [1.165, 1.54) is 4.88 Å². The third-order valence-electron chi connectivity index (χ3n) is 1.13. The first-order valence-electron chi connectivity index (χ1n) is 2.89. The van der Waals surface area contributed by atoms with E-state index in [9.17, 15) is 0 Å². The van der Waals surface area contributed by atoms with Gasteiger partial charge in [-0.3, -0.25) is 0 Å². The first kappa shape index (κ1) is 7.39. The normalized spacial score (nSPS) is 10.3. The van der Waals surface area contributed by atoms with Crippen molar-refractivity contribution in [1.29, 1.82) is 0 Å². The molecule has 0 amide bonds. The van der Waals surface area contributed by atoms with Crippen molar-refractivity contribution >= 4 is 38.6 Å². The Morgan fingerprint density at radius 1 is 1.36 bits per heavy atom. The van der Waals surface area contributed by atoms with Gasteiger partial charge >= 0.3 is 0 Å². The van der Waals surface area contributed by atoms with Crippen molar-refractivity contribution in [2.24, 2.45) is 0 Å². The van der Waals surface area contributed by atoms with Crippen LogP contribution in [0.5, 0.6) is 0 Å². The van der Waals surface area contributed by atoms with Gasteiger partial charge in [-0.25, -0.2) is 0 Å². The fraction of sp³-hybridized carbons (Fsp3) is 0. The summed E-state index contributed by atoms with van der Waals surface area (Å²) in [7, 11) is 0. The molecule has 0 fully saturated rings. The predicted molar refractivity (Wildman–Crippen MR) is 50.9 cm³/mol. The second-order valence-electron chi connectivity index (χ2n) is 1.84. The summed E-state index contributed by atoms with van der Waals surface area (Å²) in [5.74, 6) is 0. The van der Waals surface area contributed by atoms with Crippen molar-refractivity contribution < 1.29 is 0 Å². The number of thiophene rings is 1. The molecule has 0 aliphatic heterocycles. The zero-order valence-corrected chi connectivity index (χ0v) is 8.54. The lowest BCUT2D eigenvalue weighted by Crippen LogP contribution is -1.68. The number of aromatic nitrogens is 2. The van der Waals surface area contributed by atoms with Gasteiger partial charge in [0, 0.05) is 0 Å². The van der Waals surface area contributed by atoms with E-state index in [1.807, 2.05) is 17.5 Å². The maximum absolute atomic E-state index is 3.99. The second-order valence-corrected chi connectivity index (χ2v) is 5.04. The number of hydrogen-bond acceptors (Lipinski definition) is 4. The molecule has 2 nitrogen and oxygen atoms in total. The molecule has 0 bridgehead atoms. The van der Waals surface area contributed by atoms with Gasteiger partial charge in [0.1, 0.15) is 0 Å². The SMILES string of the molecule is Brc1nnc(-c2cccs2)s1. The maximum atomic E-state index is 3.99. The van der Waals surface area contributed by atoms with E-state index in [0.29, 0.717) is 0 Å². The molecular weight excluding hydrogens is 244 g/mol. The molecule has 0 atom stereocenters. The first-order chi connectivity index (χ1) is 5.36. The molecule has 0 saturated carbocycles. The zero-order valence-electron chi connectivity index (χ0n) is 5.32. The maximum Gasteiger partial charge on any atom is 0.183 e. The van der Waals surface area contributed by atoms with E-state index in [1.54, 1.807) is 22.7 Å². The summed E-state index contributed by atoms with van der Waals surface area (Å²) in [4.78, 5) is 1.17. The molecule has 0 radical (unpaired) electrons. The van der Waals surface area contributed by atoms with Crippen LogP contribution in [0.25, 0.3) is 9.88 Å². The van der Waals surface area contributed by atoms with Crippen LogP contribution in [-0.2, 0) is 0 Å². The molecule has 0 saturated heterocycles. The molecule has 0 aliphatic carbocycles. The van der Waals surface area contributed by atoms with Crippen molar-refractivity contribution in [3.05, 3.63) is 21.4 Å². The highest BCUT2D eigenvalue weighted by Gasteiger charge is 2.03. The van der Waals surface area contributed by atoms with Crippen LogP contribution in [0, 0.1) is 0 Å². The molecule has 0 N–H and O–H groups in total. The van der Waals surface area contributed by atoms with Gasteiger partial charge in [-0.2, -0.15) is 0 Å². The summed E-state index contributed by atoms with van der Waals surface area (Å²) in [6.07, 6.45) is 0. The number of rotatable bonds is 1. The summed E-state index contributed by atoms with van der Waals surface area (Å²) in [6.45, 7) is 0. The highest BCUT2D eigenvalue weighted by molar-refractivity contribution is 9.11. The number of hydrogen-bond donors (Lipinski definition) is 0. The van der Waals surface area contributed by atoms with E-state index >= 15 is 0 Å². The quantitative estimate of drug-likeness (QED) is 0.774. The standard InChI is InChI=1S/C6H3BrN2S2/c7-6-9-8-5(11-6)4-2-1-3-10-4/h1-3H. The minimum atomic E-state index is 0.834. The van der Waals surface area contributed by atoms with Crippen molar-refractivity contribution in [3.8, 4) is 9.88 Å². The minimum Gasteiger partial charge on any atom is -0.141 e. The Morgan fingerprint density at radius 3 is 2.82 bits per heavy atom. The van der Waals surface area contributed by atoms with E-state index in [0.717, 1.165) is 8.92 Å². The fourth-order valence-electron chi connectivity index (χ4n) is 0.705. The third-order valence-corrected chi connectivity index (χ3v) is 3.53. The summed E-state index contributed by atoms with van der Waals surface area (Å²) < 4.78 is 0.834. The van der Waals surface area contributed by atoms with Gasteiger partial charge in [0.25, 0.3) is 0 Å². The molecule has 0 unspecified atom stereocenters. The van der Waals surface area contributed by atoms with E-state index in [2.05, 4.69) is 26.1 Å². The summed E-state index contributed by atoms with van der Waals surface area (Å²) in [5.41, 5.74) is 0. The lowest BCUT2D eigenvalue weighted by atomic mass is 10.5. The van der Waals surface area contributed by atoms with Gasteiger partial charge in [0.05, 0.1) is 4.88 Å². The van der Waals surface area contributed by atoms with Crippen LogP contribution in [0.4, 0.5) is 0 Å². The van der Waals surface area contributed by atoms with Crippen LogP contribution in [0.1, 0.15) is 0 Å².